The number of rotatable bonds is 4. The van der Waals surface area contributed by atoms with E-state index in [-0.39, 0.29) is 32.6 Å². The molecule has 4 nitrogen and oxygen atoms in total. The minimum atomic E-state index is -4.49. The molecule has 27 heavy (non-hydrogen) atoms. The molecular weight excluding hydrogens is 375 g/mol. The highest BCUT2D eigenvalue weighted by molar-refractivity contribution is 7.19. The number of benzene rings is 2. The van der Waals surface area contributed by atoms with Crippen LogP contribution in [0.1, 0.15) is 26.4 Å². The topological polar surface area (TPSA) is 78.9 Å². The lowest BCUT2D eigenvalue weighted by Gasteiger charge is -2.09. The maximum atomic E-state index is 12.9. The van der Waals surface area contributed by atoms with Gasteiger partial charge in [-0.2, -0.15) is 18.4 Å². The van der Waals surface area contributed by atoms with Crippen LogP contribution in [0.2, 0.25) is 0 Å². The molecule has 0 bridgehead atoms. The largest absolute Gasteiger partial charge is 0.416 e. The molecule has 0 radical (unpaired) electrons. The number of halogens is 3. The van der Waals surface area contributed by atoms with Gasteiger partial charge >= 0.3 is 6.18 Å². The third-order valence-corrected chi connectivity index (χ3v) is 4.87. The number of nitrogens with two attached hydrogens (primary N) is 1. The minimum Gasteiger partial charge on any atom is -0.396 e. The Balaban J connectivity index is 1.98. The Kier molecular flexibility index (Phi) is 4.88. The molecule has 0 saturated heterocycles. The van der Waals surface area contributed by atoms with Crippen molar-refractivity contribution in [2.45, 2.75) is 6.18 Å². The molecule has 1 heterocycles. The molecule has 8 heteroatoms. The molecule has 0 aliphatic rings. The molecule has 0 saturated carbocycles. The van der Waals surface area contributed by atoms with Crippen LogP contribution in [0, 0.1) is 11.3 Å². The maximum absolute atomic E-state index is 12.9. The van der Waals surface area contributed by atoms with Gasteiger partial charge in [0.2, 0.25) is 5.78 Å². The fourth-order valence-corrected chi connectivity index (χ4v) is 3.49. The van der Waals surface area contributed by atoms with Gasteiger partial charge in [0.05, 0.1) is 11.3 Å². The molecular formula is C19H12F3N3OS. The summed E-state index contributed by atoms with van der Waals surface area (Å²) in [6, 6.07) is 14.9. The zero-order chi connectivity index (χ0) is 19.6. The maximum Gasteiger partial charge on any atom is 0.416 e. The molecule has 1 aromatic heterocycles. The third kappa shape index (κ3) is 3.78. The monoisotopic (exact) mass is 387 g/mol. The number of nitrogens with one attached hydrogen (secondary N) is 1. The Hall–Kier alpha value is -3.31. The van der Waals surface area contributed by atoms with Gasteiger partial charge in [-0.05, 0) is 18.2 Å². The molecule has 0 aliphatic carbocycles. The van der Waals surface area contributed by atoms with Gasteiger partial charge in [-0.3, -0.25) is 4.79 Å². The summed E-state index contributed by atoms with van der Waals surface area (Å²) < 4.78 is 38.6. The van der Waals surface area contributed by atoms with Gasteiger partial charge in [0.25, 0.3) is 0 Å². The SMILES string of the molecule is N#Cc1c(Nc2cccc(C(F)(F)F)c2)sc(C(=O)c2ccccc2)c1N. The molecule has 0 fully saturated rings. The van der Waals surface area contributed by atoms with E-state index in [9.17, 15) is 23.2 Å². The molecule has 0 spiro atoms. The van der Waals surface area contributed by atoms with Crippen LogP contribution in [-0.4, -0.2) is 5.78 Å². The van der Waals surface area contributed by atoms with Crippen molar-refractivity contribution in [3.63, 3.8) is 0 Å². The predicted molar refractivity (Wildman–Crippen MR) is 98.0 cm³/mol. The first-order valence-electron chi connectivity index (χ1n) is 7.67. The van der Waals surface area contributed by atoms with Crippen molar-refractivity contribution in [3.8, 4) is 6.07 Å². The summed E-state index contributed by atoms with van der Waals surface area (Å²) in [4.78, 5) is 12.8. The van der Waals surface area contributed by atoms with E-state index in [1.54, 1.807) is 30.3 Å². The molecule has 0 aliphatic heterocycles. The van der Waals surface area contributed by atoms with E-state index in [1.807, 2.05) is 6.07 Å². The van der Waals surface area contributed by atoms with Gasteiger partial charge in [0, 0.05) is 11.3 Å². The van der Waals surface area contributed by atoms with E-state index in [2.05, 4.69) is 5.32 Å². The lowest BCUT2D eigenvalue weighted by molar-refractivity contribution is -0.137. The Bertz CT molecular complexity index is 1040. The van der Waals surface area contributed by atoms with Crippen LogP contribution in [0.3, 0.4) is 0 Å². The lowest BCUT2D eigenvalue weighted by atomic mass is 10.1. The number of hydrogen-bond acceptors (Lipinski definition) is 5. The van der Waals surface area contributed by atoms with E-state index in [1.165, 1.54) is 12.1 Å². The summed E-state index contributed by atoms with van der Waals surface area (Å²) in [5, 5.41) is 12.4. The van der Waals surface area contributed by atoms with E-state index in [0.29, 0.717) is 5.56 Å². The Morgan fingerprint density at radius 1 is 1.11 bits per heavy atom. The highest BCUT2D eigenvalue weighted by Crippen LogP contribution is 2.39. The second-order valence-corrected chi connectivity index (χ2v) is 6.58. The minimum absolute atomic E-state index is 0.00540. The van der Waals surface area contributed by atoms with Gasteiger partial charge in [-0.25, -0.2) is 0 Å². The molecule has 136 valence electrons. The number of alkyl halides is 3. The fourth-order valence-electron chi connectivity index (χ4n) is 2.44. The number of hydrogen-bond donors (Lipinski definition) is 2. The van der Waals surface area contributed by atoms with E-state index < -0.39 is 11.7 Å². The average Bonchev–Trinajstić information content (AvgIpc) is 2.96. The Morgan fingerprint density at radius 3 is 2.44 bits per heavy atom. The third-order valence-electron chi connectivity index (χ3n) is 3.75. The summed E-state index contributed by atoms with van der Waals surface area (Å²) in [6.45, 7) is 0. The van der Waals surface area contributed by atoms with Crippen LogP contribution >= 0.6 is 11.3 Å². The van der Waals surface area contributed by atoms with Crippen molar-refractivity contribution in [1.29, 1.82) is 5.26 Å². The first-order valence-corrected chi connectivity index (χ1v) is 8.49. The fraction of sp³-hybridized carbons (Fsp3) is 0.0526. The molecule has 3 rings (SSSR count). The number of anilines is 3. The number of nitriles is 1. The first-order chi connectivity index (χ1) is 12.8. The van der Waals surface area contributed by atoms with Crippen molar-refractivity contribution in [2.75, 3.05) is 11.1 Å². The molecule has 2 aromatic carbocycles. The van der Waals surface area contributed by atoms with Crippen LogP contribution in [0.25, 0.3) is 0 Å². The van der Waals surface area contributed by atoms with Gasteiger partial charge in [-0.1, -0.05) is 36.4 Å². The van der Waals surface area contributed by atoms with E-state index in [4.69, 9.17) is 5.73 Å². The second kappa shape index (κ2) is 7.13. The predicted octanol–water partition coefficient (Wildman–Crippen LogP) is 5.20. The summed E-state index contributed by atoms with van der Waals surface area (Å²) in [6.07, 6.45) is -4.49. The number of thiophene rings is 1. The van der Waals surface area contributed by atoms with Crippen LogP contribution in [0.5, 0.6) is 0 Å². The highest BCUT2D eigenvalue weighted by atomic mass is 32.1. The smallest absolute Gasteiger partial charge is 0.396 e. The van der Waals surface area contributed by atoms with Gasteiger partial charge in [0.15, 0.2) is 0 Å². The zero-order valence-corrected chi connectivity index (χ0v) is 14.5. The van der Waals surface area contributed by atoms with Crippen molar-refractivity contribution < 1.29 is 18.0 Å². The second-order valence-electron chi connectivity index (χ2n) is 5.56. The Morgan fingerprint density at radius 2 is 1.81 bits per heavy atom. The van der Waals surface area contributed by atoms with Crippen molar-refractivity contribution in [3.05, 3.63) is 76.2 Å². The van der Waals surface area contributed by atoms with Crippen LogP contribution < -0.4 is 11.1 Å². The summed E-state index contributed by atoms with van der Waals surface area (Å²) in [5.41, 5.74) is 5.70. The average molecular weight is 387 g/mol. The molecule has 3 N–H and O–H groups in total. The van der Waals surface area contributed by atoms with Crippen molar-refractivity contribution >= 4 is 33.5 Å². The number of carbonyl (C=O) groups is 1. The van der Waals surface area contributed by atoms with Gasteiger partial charge in [0.1, 0.15) is 21.5 Å². The summed E-state index contributed by atoms with van der Waals surface area (Å²) in [5.74, 6) is -0.355. The van der Waals surface area contributed by atoms with Crippen molar-refractivity contribution in [1.82, 2.24) is 0 Å². The lowest BCUT2D eigenvalue weighted by Crippen LogP contribution is -2.05. The zero-order valence-electron chi connectivity index (χ0n) is 13.7. The standard InChI is InChI=1S/C19H12F3N3OS/c20-19(21,22)12-7-4-8-13(9-12)25-18-14(10-23)15(24)17(27-18)16(26)11-5-2-1-3-6-11/h1-9,25H,24H2. The molecule has 0 unspecified atom stereocenters. The quantitative estimate of drug-likeness (QED) is 0.604. The number of nitrogen functional groups attached to an aromatic ring is 1. The van der Waals surface area contributed by atoms with Crippen LogP contribution in [0.4, 0.5) is 29.5 Å². The summed E-state index contributed by atoms with van der Waals surface area (Å²) in [7, 11) is 0. The number of nitrogens with zero attached hydrogens (tertiary/aromatic N) is 1. The number of carbonyl (C=O) groups excluding carboxylic acids is 1. The number of ketones is 1. The van der Waals surface area contributed by atoms with Gasteiger partial charge in [-0.15, -0.1) is 11.3 Å². The van der Waals surface area contributed by atoms with Crippen molar-refractivity contribution in [2.24, 2.45) is 0 Å². The highest BCUT2D eigenvalue weighted by Gasteiger charge is 2.30. The van der Waals surface area contributed by atoms with Gasteiger partial charge < -0.3 is 11.1 Å². The van der Waals surface area contributed by atoms with Crippen LogP contribution in [-0.2, 0) is 6.18 Å². The van der Waals surface area contributed by atoms with E-state index in [0.717, 1.165) is 23.5 Å². The normalized spacial score (nSPS) is 11.0. The molecule has 3 aromatic rings. The molecule has 0 amide bonds. The molecule has 0 atom stereocenters. The van der Waals surface area contributed by atoms with Crippen LogP contribution in [0.15, 0.2) is 54.6 Å². The van der Waals surface area contributed by atoms with E-state index >= 15 is 0 Å². The summed E-state index contributed by atoms with van der Waals surface area (Å²) >= 11 is 0.932. The first kappa shape index (κ1) is 18.5. The Labute approximate surface area is 156 Å².